The molecule has 0 aliphatic heterocycles. The van der Waals surface area contributed by atoms with E-state index < -0.39 is 0 Å². The van der Waals surface area contributed by atoms with Gasteiger partial charge in [-0.25, -0.2) is 0 Å². The molecule has 0 saturated carbocycles. The van der Waals surface area contributed by atoms with Gasteiger partial charge in [-0.3, -0.25) is 0 Å². The molecule has 0 aromatic carbocycles. The SMILES string of the molecule is N.N.N.N.N.[Co+2].[OH-]. The van der Waals surface area contributed by atoms with E-state index in [1.54, 1.807) is 0 Å². The second-order valence-corrected chi connectivity index (χ2v) is 0. The zero-order valence-corrected chi connectivity index (χ0v) is 5.36. The predicted molar refractivity (Wildman–Crippen MR) is 27.0 cm³/mol. The smallest absolute Gasteiger partial charge is 0.870 e. The molecule has 0 amide bonds. The summed E-state index contributed by atoms with van der Waals surface area (Å²) in [5, 5.41) is 0. The first-order chi connectivity index (χ1) is 0. The summed E-state index contributed by atoms with van der Waals surface area (Å²) in [6, 6.07) is 0. The van der Waals surface area contributed by atoms with Crippen LogP contribution >= 0.6 is 0 Å². The van der Waals surface area contributed by atoms with Crippen LogP contribution in [-0.4, -0.2) is 5.48 Å². The van der Waals surface area contributed by atoms with Crippen molar-refractivity contribution in [3.05, 3.63) is 0 Å². The van der Waals surface area contributed by atoms with Crippen molar-refractivity contribution >= 4 is 0 Å². The Hall–Kier alpha value is 0.266. The largest absolute Gasteiger partial charge is 2.00 e. The first kappa shape index (κ1) is 4020. The molecule has 0 fully saturated rings. The van der Waals surface area contributed by atoms with Crippen molar-refractivity contribution in [2.75, 3.05) is 0 Å². The Kier molecular flexibility index (Phi) is 1400000. The molecule has 0 aliphatic rings. The molecule has 0 saturated heterocycles. The molecule has 0 aromatic heterocycles. The molecule has 0 unspecified atom stereocenters. The van der Waals surface area contributed by atoms with Crippen LogP contribution in [0.3, 0.4) is 0 Å². The summed E-state index contributed by atoms with van der Waals surface area (Å²) in [7, 11) is 0. The summed E-state index contributed by atoms with van der Waals surface area (Å²) in [6.45, 7) is 0. The quantitative estimate of drug-likeness (QED) is 0.343. The molecule has 6 nitrogen and oxygen atoms in total. The Morgan fingerprint density at radius 1 is 0.429 bits per heavy atom. The van der Waals surface area contributed by atoms with Gasteiger partial charge in [-0.1, -0.05) is 0 Å². The van der Waals surface area contributed by atoms with Crippen LogP contribution in [0.15, 0.2) is 0 Å². The molecule has 55 valence electrons. The van der Waals surface area contributed by atoms with Crippen LogP contribution in [0.5, 0.6) is 0 Å². The van der Waals surface area contributed by atoms with Gasteiger partial charge in [0.15, 0.2) is 0 Å². The van der Waals surface area contributed by atoms with Crippen LogP contribution in [0, 0.1) is 0 Å². The molecule has 7 heavy (non-hydrogen) atoms. The van der Waals surface area contributed by atoms with Crippen LogP contribution in [0.25, 0.3) is 0 Å². The number of hydrogen-bond acceptors (Lipinski definition) is 6. The van der Waals surface area contributed by atoms with E-state index in [1.807, 2.05) is 0 Å². The van der Waals surface area contributed by atoms with Gasteiger partial charge in [-0.2, -0.15) is 0 Å². The summed E-state index contributed by atoms with van der Waals surface area (Å²) in [6.07, 6.45) is 0. The number of hydrogen-bond donors (Lipinski definition) is 5. The summed E-state index contributed by atoms with van der Waals surface area (Å²) in [5.41, 5.74) is 0. The summed E-state index contributed by atoms with van der Waals surface area (Å²) >= 11 is 0. The fourth-order valence-electron chi connectivity index (χ4n) is 0. The van der Waals surface area contributed by atoms with Crippen molar-refractivity contribution in [2.24, 2.45) is 0 Å². The molecule has 1 radical (unpaired) electrons. The molecule has 0 aromatic rings. The van der Waals surface area contributed by atoms with Crippen molar-refractivity contribution in [2.45, 2.75) is 0 Å². The topological polar surface area (TPSA) is 205 Å². The fraction of sp³-hybridized carbons (Fsp3) is 0. The van der Waals surface area contributed by atoms with E-state index in [0.29, 0.717) is 0 Å². The van der Waals surface area contributed by atoms with Gasteiger partial charge in [0.1, 0.15) is 0 Å². The first-order valence-electron chi connectivity index (χ1n) is 0. The maximum absolute atomic E-state index is 0. The molecule has 0 heterocycles. The maximum Gasteiger partial charge on any atom is 2.00 e. The maximum atomic E-state index is 0. The monoisotopic (exact) mass is 161 g/mol. The van der Waals surface area contributed by atoms with Crippen LogP contribution < -0.4 is 30.8 Å². The molecule has 7 heteroatoms. The Bertz CT molecular complexity index is 8.04. The van der Waals surface area contributed by atoms with E-state index in [0.717, 1.165) is 0 Å². The van der Waals surface area contributed by atoms with Gasteiger partial charge in [-0.05, 0) is 0 Å². The summed E-state index contributed by atoms with van der Waals surface area (Å²) < 4.78 is 0. The molecule has 0 bridgehead atoms. The first-order valence-corrected chi connectivity index (χ1v) is 0. The standard InChI is InChI=1S/Co.5H3N.H2O/h;5*1H3;1H2/q+2;;;;;;/p-1. The van der Waals surface area contributed by atoms with Crippen LogP contribution in [-0.2, 0) is 16.8 Å². The zero-order chi connectivity index (χ0) is 0. The minimum atomic E-state index is 0. The van der Waals surface area contributed by atoms with E-state index in [1.165, 1.54) is 0 Å². The van der Waals surface area contributed by atoms with Crippen molar-refractivity contribution < 1.29 is 22.3 Å². The van der Waals surface area contributed by atoms with E-state index in [2.05, 4.69) is 0 Å². The molecule has 0 atom stereocenters. The van der Waals surface area contributed by atoms with Crippen molar-refractivity contribution in [1.29, 1.82) is 0 Å². The molecule has 0 aliphatic carbocycles. The summed E-state index contributed by atoms with van der Waals surface area (Å²) in [4.78, 5) is 0. The van der Waals surface area contributed by atoms with Crippen LogP contribution in [0.2, 0.25) is 0 Å². The van der Waals surface area contributed by atoms with Crippen LogP contribution in [0.1, 0.15) is 0 Å². The van der Waals surface area contributed by atoms with Crippen LogP contribution in [0.4, 0.5) is 0 Å². The van der Waals surface area contributed by atoms with E-state index >= 15 is 0 Å². The van der Waals surface area contributed by atoms with E-state index in [-0.39, 0.29) is 53.0 Å². The normalized spacial score (nSPS) is 0. The van der Waals surface area contributed by atoms with Gasteiger partial charge in [0.05, 0.1) is 0 Å². The molecule has 16 N–H and O–H groups in total. The Morgan fingerprint density at radius 2 is 0.429 bits per heavy atom. The number of rotatable bonds is 0. The molecular formula is H16CoN5O+. The second kappa shape index (κ2) is 2450. The second-order valence-electron chi connectivity index (χ2n) is 0. The third kappa shape index (κ3) is 1610. The average molecular weight is 161 g/mol. The third-order valence-corrected chi connectivity index (χ3v) is 0. The summed E-state index contributed by atoms with van der Waals surface area (Å²) in [5.74, 6) is 0. The van der Waals surface area contributed by atoms with Gasteiger partial charge in [0.25, 0.3) is 0 Å². The average Bonchev–Trinajstić information content (AvgIpc) is 0. The fourth-order valence-corrected chi connectivity index (χ4v) is 0. The van der Waals surface area contributed by atoms with Crippen molar-refractivity contribution in [3.63, 3.8) is 0 Å². The Morgan fingerprint density at radius 3 is 0.429 bits per heavy atom. The Balaban J connectivity index is 0. The van der Waals surface area contributed by atoms with E-state index in [9.17, 15) is 0 Å². The Labute approximate surface area is 53.8 Å². The minimum Gasteiger partial charge on any atom is -0.870 e. The predicted octanol–water partition coefficient (Wildman–Crippen LogP) is 0.631. The third-order valence-electron chi connectivity index (χ3n) is 0. The van der Waals surface area contributed by atoms with Gasteiger partial charge < -0.3 is 36.2 Å². The molecule has 0 rings (SSSR count). The molecular weight excluding hydrogens is 145 g/mol. The van der Waals surface area contributed by atoms with Gasteiger partial charge in [0.2, 0.25) is 0 Å². The van der Waals surface area contributed by atoms with Crippen molar-refractivity contribution in [1.82, 2.24) is 30.8 Å². The minimum absolute atomic E-state index is 0. The van der Waals surface area contributed by atoms with Gasteiger partial charge in [-0.15, -0.1) is 0 Å². The van der Waals surface area contributed by atoms with Gasteiger partial charge in [0, 0.05) is 0 Å². The van der Waals surface area contributed by atoms with Gasteiger partial charge >= 0.3 is 16.8 Å². The van der Waals surface area contributed by atoms with E-state index in [4.69, 9.17) is 0 Å². The zero-order valence-electron chi connectivity index (χ0n) is 4.32. The van der Waals surface area contributed by atoms with Crippen molar-refractivity contribution in [3.8, 4) is 0 Å². The molecule has 0 spiro atoms.